The molecule has 0 heterocycles. The molecule has 0 radical (unpaired) electrons. The topological polar surface area (TPSA) is 0 Å². The molecule has 5 unspecified atom stereocenters. The van der Waals surface area contributed by atoms with Crippen LogP contribution in [0.3, 0.4) is 0 Å². The second-order valence-electron chi connectivity index (χ2n) is 10.2. The third-order valence-electron chi connectivity index (χ3n) is 7.00. The highest BCUT2D eigenvalue weighted by atomic mass is 14.4. The van der Waals surface area contributed by atoms with Gasteiger partial charge < -0.3 is 0 Å². The Kier molecular flexibility index (Phi) is 11.4. The van der Waals surface area contributed by atoms with E-state index in [1.54, 1.807) is 0 Å². The fourth-order valence-electron chi connectivity index (χ4n) is 4.10. The van der Waals surface area contributed by atoms with Crippen LogP contribution in [0.5, 0.6) is 0 Å². The molecule has 0 aromatic rings. The van der Waals surface area contributed by atoms with Crippen molar-refractivity contribution < 1.29 is 0 Å². The molecule has 5 atom stereocenters. The first-order valence-corrected chi connectivity index (χ1v) is 11.9. The molecule has 3 saturated carbocycles. The van der Waals surface area contributed by atoms with Crippen LogP contribution in [0, 0.1) is 41.4 Å². The Hall–Kier alpha value is 0. The molecule has 0 aromatic carbocycles. The van der Waals surface area contributed by atoms with Crippen molar-refractivity contribution in [1.82, 2.24) is 0 Å². The Morgan fingerprint density at radius 3 is 1.64 bits per heavy atom. The summed E-state index contributed by atoms with van der Waals surface area (Å²) in [6.07, 6.45) is 16.1. The Labute approximate surface area is 160 Å². The summed E-state index contributed by atoms with van der Waals surface area (Å²) in [6.45, 7) is 16.6. The van der Waals surface area contributed by atoms with Crippen LogP contribution in [0.4, 0.5) is 0 Å². The number of hydrogen-bond donors (Lipinski definition) is 0. The van der Waals surface area contributed by atoms with Gasteiger partial charge in [0.2, 0.25) is 0 Å². The maximum atomic E-state index is 2.49. The molecule has 0 saturated heterocycles. The van der Waals surface area contributed by atoms with Gasteiger partial charge in [0.05, 0.1) is 0 Å². The van der Waals surface area contributed by atoms with Gasteiger partial charge in [-0.3, -0.25) is 0 Å². The minimum Gasteiger partial charge on any atom is -0.0654 e. The zero-order valence-corrected chi connectivity index (χ0v) is 18.8. The predicted molar refractivity (Wildman–Crippen MR) is 115 cm³/mol. The third-order valence-corrected chi connectivity index (χ3v) is 7.00. The van der Waals surface area contributed by atoms with E-state index in [1.165, 1.54) is 70.6 Å². The van der Waals surface area contributed by atoms with Gasteiger partial charge in [-0.1, -0.05) is 99.8 Å². The van der Waals surface area contributed by atoms with Crippen molar-refractivity contribution >= 4 is 0 Å². The maximum absolute atomic E-state index is 2.49. The molecule has 0 aromatic heterocycles. The van der Waals surface area contributed by atoms with E-state index < -0.39 is 0 Å². The minimum absolute atomic E-state index is 0.931. The van der Waals surface area contributed by atoms with Crippen molar-refractivity contribution in [2.45, 2.75) is 119 Å². The lowest BCUT2D eigenvalue weighted by molar-refractivity contribution is 0.282. The molecule has 3 rings (SSSR count). The first kappa shape index (κ1) is 23.0. The van der Waals surface area contributed by atoms with Crippen molar-refractivity contribution in [3.8, 4) is 0 Å². The predicted octanol–water partition coefficient (Wildman–Crippen LogP) is 8.74. The van der Waals surface area contributed by atoms with Gasteiger partial charge in [0.15, 0.2) is 0 Å². The van der Waals surface area contributed by atoms with Gasteiger partial charge in [-0.2, -0.15) is 0 Å². The quantitative estimate of drug-likeness (QED) is 0.410. The van der Waals surface area contributed by atoms with Gasteiger partial charge in [-0.25, -0.2) is 0 Å². The summed E-state index contributed by atoms with van der Waals surface area (Å²) in [5, 5.41) is 0. The summed E-state index contributed by atoms with van der Waals surface area (Å²) in [5.41, 5.74) is 0. The lowest BCUT2D eigenvalue weighted by Gasteiger charge is -2.23. The van der Waals surface area contributed by atoms with Crippen LogP contribution in [0.2, 0.25) is 0 Å². The lowest BCUT2D eigenvalue weighted by atomic mass is 9.83. The first-order chi connectivity index (χ1) is 11.9. The van der Waals surface area contributed by atoms with E-state index in [1.807, 2.05) is 0 Å². The number of rotatable bonds is 8. The molecule has 150 valence electrons. The van der Waals surface area contributed by atoms with Gasteiger partial charge in [-0.15, -0.1) is 0 Å². The fourth-order valence-corrected chi connectivity index (χ4v) is 4.10. The van der Waals surface area contributed by atoms with E-state index in [4.69, 9.17) is 0 Å². The van der Waals surface area contributed by atoms with E-state index in [0.717, 1.165) is 41.4 Å². The van der Waals surface area contributed by atoms with Gasteiger partial charge in [0, 0.05) is 0 Å². The molecule has 0 N–H and O–H groups in total. The van der Waals surface area contributed by atoms with Crippen LogP contribution in [-0.2, 0) is 0 Å². The molecule has 3 aliphatic carbocycles. The molecule has 3 aliphatic rings. The van der Waals surface area contributed by atoms with Crippen molar-refractivity contribution in [2.24, 2.45) is 41.4 Å². The average molecular weight is 351 g/mol. The van der Waals surface area contributed by atoms with E-state index >= 15 is 0 Å². The molecular weight excluding hydrogens is 300 g/mol. The highest BCUT2D eigenvalue weighted by Gasteiger charge is 2.37. The summed E-state index contributed by atoms with van der Waals surface area (Å²) in [7, 11) is 0. The normalized spacial score (nSPS) is 28.4. The van der Waals surface area contributed by atoms with Crippen molar-refractivity contribution in [3.63, 3.8) is 0 Å². The van der Waals surface area contributed by atoms with E-state index in [9.17, 15) is 0 Å². The van der Waals surface area contributed by atoms with E-state index in [2.05, 4.69) is 48.5 Å². The summed E-state index contributed by atoms with van der Waals surface area (Å²) < 4.78 is 0. The van der Waals surface area contributed by atoms with Gasteiger partial charge >= 0.3 is 0 Å². The highest BCUT2D eigenvalue weighted by molar-refractivity contribution is 4.87. The Morgan fingerprint density at radius 2 is 1.36 bits per heavy atom. The van der Waals surface area contributed by atoms with Crippen LogP contribution in [0.15, 0.2) is 0 Å². The monoisotopic (exact) mass is 350 g/mol. The van der Waals surface area contributed by atoms with Crippen molar-refractivity contribution in [2.75, 3.05) is 0 Å². The lowest BCUT2D eigenvalue weighted by Crippen LogP contribution is -2.12. The molecule has 0 aliphatic heterocycles. The minimum atomic E-state index is 0.931. The summed E-state index contributed by atoms with van der Waals surface area (Å²) in [6, 6.07) is 0. The molecule has 0 bridgehead atoms. The average Bonchev–Trinajstić information content (AvgIpc) is 3.46. The Morgan fingerprint density at radius 1 is 0.840 bits per heavy atom. The molecular formula is C25H50. The van der Waals surface area contributed by atoms with Crippen molar-refractivity contribution in [3.05, 3.63) is 0 Å². The largest absolute Gasteiger partial charge is 0.0654 e. The first-order valence-electron chi connectivity index (χ1n) is 11.9. The molecule has 0 spiro atoms. The standard InChI is InChI=1S/C16H32.C5H10.C4H8/c1-6-8-15(9-12(3)7-2)10-13(4)16-11-14(16)5;1-5-3-2-4-5;1-4-2-3-4/h12-16H,6-11H2,1-5H3;5H,2-4H2,1H3;4H,2-3H2,1H3. The van der Waals surface area contributed by atoms with Crippen LogP contribution in [-0.4, -0.2) is 0 Å². The molecule has 3 fully saturated rings. The summed E-state index contributed by atoms with van der Waals surface area (Å²) >= 11 is 0. The van der Waals surface area contributed by atoms with Crippen molar-refractivity contribution in [1.29, 1.82) is 0 Å². The summed E-state index contributed by atoms with van der Waals surface area (Å²) in [4.78, 5) is 0. The van der Waals surface area contributed by atoms with Gasteiger partial charge in [0.1, 0.15) is 0 Å². The smallest absolute Gasteiger partial charge is 0.0360 e. The second kappa shape index (κ2) is 12.4. The highest BCUT2D eigenvalue weighted by Crippen LogP contribution is 2.46. The molecule has 25 heavy (non-hydrogen) atoms. The molecule has 0 heteroatoms. The second-order valence-corrected chi connectivity index (χ2v) is 10.2. The zero-order chi connectivity index (χ0) is 18.8. The van der Waals surface area contributed by atoms with Crippen LogP contribution in [0.1, 0.15) is 119 Å². The number of hydrogen-bond acceptors (Lipinski definition) is 0. The fraction of sp³-hybridized carbons (Fsp3) is 1.00. The van der Waals surface area contributed by atoms with Crippen LogP contribution >= 0.6 is 0 Å². The summed E-state index contributed by atoms with van der Waals surface area (Å²) in [5.74, 6) is 7.16. The van der Waals surface area contributed by atoms with Crippen LogP contribution < -0.4 is 0 Å². The SMILES string of the molecule is CC1CC1.CC1CCC1.CCCC(CC(C)CC)CC(C)C1CC1C. The van der Waals surface area contributed by atoms with E-state index in [0.29, 0.717) is 0 Å². The van der Waals surface area contributed by atoms with Gasteiger partial charge in [0.25, 0.3) is 0 Å². The van der Waals surface area contributed by atoms with Gasteiger partial charge in [-0.05, 0) is 60.7 Å². The third kappa shape index (κ3) is 11.3. The molecule has 0 nitrogen and oxygen atoms in total. The zero-order valence-electron chi connectivity index (χ0n) is 18.8. The molecule has 0 amide bonds. The maximum Gasteiger partial charge on any atom is -0.0360 e. The van der Waals surface area contributed by atoms with Crippen LogP contribution in [0.25, 0.3) is 0 Å². The Bertz CT molecular complexity index is 312. The Balaban J connectivity index is 0.000000277. The van der Waals surface area contributed by atoms with E-state index in [-0.39, 0.29) is 0 Å².